The van der Waals surface area contributed by atoms with Gasteiger partial charge in [-0.2, -0.15) is 0 Å². The molecule has 2 rings (SSSR count). The molecule has 1 heterocycles. The molecule has 4 nitrogen and oxygen atoms in total. The predicted molar refractivity (Wildman–Crippen MR) is 82.8 cm³/mol. The van der Waals surface area contributed by atoms with Crippen molar-refractivity contribution < 1.29 is 9.53 Å². The van der Waals surface area contributed by atoms with Gasteiger partial charge in [-0.25, -0.2) is 0 Å². The average molecular weight is 299 g/mol. The van der Waals surface area contributed by atoms with Crippen molar-refractivity contribution in [2.24, 2.45) is 11.7 Å². The lowest BCUT2D eigenvalue weighted by Crippen LogP contribution is -2.28. The molecule has 0 aliphatic carbocycles. The summed E-state index contributed by atoms with van der Waals surface area (Å²) in [5, 5.41) is 3.36. The molecule has 1 aliphatic heterocycles. The van der Waals surface area contributed by atoms with Crippen molar-refractivity contribution >= 4 is 18.2 Å². The largest absolute Gasteiger partial charge is 0.494 e. The Morgan fingerprint density at radius 3 is 2.50 bits per heavy atom. The second-order valence-corrected chi connectivity index (χ2v) is 4.98. The maximum Gasteiger partial charge on any atom is 0.176 e. The fourth-order valence-corrected chi connectivity index (χ4v) is 2.37. The van der Waals surface area contributed by atoms with Crippen LogP contribution >= 0.6 is 12.4 Å². The molecule has 3 N–H and O–H groups in total. The molecule has 0 bridgehead atoms. The van der Waals surface area contributed by atoms with Crippen LogP contribution in [0.15, 0.2) is 24.3 Å². The molecule has 5 heteroatoms. The summed E-state index contributed by atoms with van der Waals surface area (Å²) in [6.45, 7) is 3.05. The zero-order valence-corrected chi connectivity index (χ0v) is 12.5. The Hall–Kier alpha value is -1.10. The van der Waals surface area contributed by atoms with Crippen LogP contribution in [-0.4, -0.2) is 32.0 Å². The van der Waals surface area contributed by atoms with Crippen LogP contribution in [0.25, 0.3) is 0 Å². The Kier molecular flexibility index (Phi) is 7.59. The van der Waals surface area contributed by atoms with E-state index < -0.39 is 0 Å². The molecule has 0 radical (unpaired) electrons. The molecule has 20 heavy (non-hydrogen) atoms. The molecule has 0 unspecified atom stereocenters. The van der Waals surface area contributed by atoms with Crippen molar-refractivity contribution in [2.45, 2.75) is 19.3 Å². The minimum Gasteiger partial charge on any atom is -0.494 e. The van der Waals surface area contributed by atoms with Crippen molar-refractivity contribution in [1.29, 1.82) is 0 Å². The number of hydrogen-bond donors (Lipinski definition) is 2. The number of rotatable bonds is 6. The summed E-state index contributed by atoms with van der Waals surface area (Å²) >= 11 is 0. The van der Waals surface area contributed by atoms with E-state index in [0.29, 0.717) is 5.56 Å². The van der Waals surface area contributed by atoms with Crippen molar-refractivity contribution in [2.75, 3.05) is 26.2 Å². The van der Waals surface area contributed by atoms with Crippen molar-refractivity contribution in [3.05, 3.63) is 29.8 Å². The van der Waals surface area contributed by atoms with Gasteiger partial charge >= 0.3 is 0 Å². The van der Waals surface area contributed by atoms with Crippen LogP contribution in [0, 0.1) is 5.92 Å². The normalized spacial score (nSPS) is 15.4. The number of halogens is 1. The number of carbonyl (C=O) groups is 1. The zero-order valence-electron chi connectivity index (χ0n) is 11.6. The topological polar surface area (TPSA) is 64.4 Å². The lowest BCUT2D eigenvalue weighted by Gasteiger charge is -2.22. The van der Waals surface area contributed by atoms with Gasteiger partial charge in [-0.15, -0.1) is 12.4 Å². The van der Waals surface area contributed by atoms with Gasteiger partial charge in [-0.05, 0) is 62.5 Å². The molecule has 0 spiro atoms. The van der Waals surface area contributed by atoms with Gasteiger partial charge in [0.25, 0.3) is 0 Å². The Labute approximate surface area is 126 Å². The Morgan fingerprint density at radius 1 is 1.25 bits per heavy atom. The van der Waals surface area contributed by atoms with Crippen LogP contribution in [0.2, 0.25) is 0 Å². The Balaban J connectivity index is 0.00000200. The number of ketones is 1. The molecule has 112 valence electrons. The first-order valence-electron chi connectivity index (χ1n) is 6.96. The predicted octanol–water partition coefficient (Wildman–Crippen LogP) is 2.02. The van der Waals surface area contributed by atoms with Crippen LogP contribution in [0.4, 0.5) is 0 Å². The van der Waals surface area contributed by atoms with Gasteiger partial charge in [0.15, 0.2) is 5.78 Å². The van der Waals surface area contributed by atoms with Gasteiger partial charge in [-0.1, -0.05) is 0 Å². The van der Waals surface area contributed by atoms with Crippen LogP contribution in [-0.2, 0) is 0 Å². The molecule has 0 aromatic heterocycles. The number of hydrogen-bond acceptors (Lipinski definition) is 4. The minimum atomic E-state index is -0.0405. The molecule has 0 saturated carbocycles. The second kappa shape index (κ2) is 8.95. The molecule has 1 fully saturated rings. The van der Waals surface area contributed by atoms with Crippen molar-refractivity contribution in [3.8, 4) is 5.75 Å². The van der Waals surface area contributed by atoms with Crippen LogP contribution in [0.5, 0.6) is 5.75 Å². The number of nitrogens with two attached hydrogens (primary N) is 1. The van der Waals surface area contributed by atoms with Crippen LogP contribution in [0.1, 0.15) is 29.6 Å². The molecular weight excluding hydrogens is 276 g/mol. The maximum absolute atomic E-state index is 11.4. The molecule has 1 aromatic rings. The van der Waals surface area contributed by atoms with E-state index in [2.05, 4.69) is 5.32 Å². The SMILES string of the molecule is Cl.NCC(=O)c1ccc(OCCC2CCNCC2)cc1. The van der Waals surface area contributed by atoms with Crippen LogP contribution in [0.3, 0.4) is 0 Å². The number of Topliss-reactive ketones (excluding diaryl/α,β-unsaturated/α-hetero) is 1. The van der Waals surface area contributed by atoms with Gasteiger partial charge in [0, 0.05) is 5.56 Å². The molecule has 1 saturated heterocycles. The number of piperidine rings is 1. The number of ether oxygens (including phenoxy) is 1. The fraction of sp³-hybridized carbons (Fsp3) is 0.533. The third-order valence-electron chi connectivity index (χ3n) is 3.62. The number of benzene rings is 1. The summed E-state index contributed by atoms with van der Waals surface area (Å²) < 4.78 is 5.71. The Bertz CT molecular complexity index is 403. The molecule has 1 aliphatic rings. The summed E-state index contributed by atoms with van der Waals surface area (Å²) in [5.74, 6) is 1.56. The first kappa shape index (κ1) is 17.0. The van der Waals surface area contributed by atoms with Gasteiger partial charge in [0.2, 0.25) is 0 Å². The van der Waals surface area contributed by atoms with E-state index in [9.17, 15) is 4.79 Å². The highest BCUT2D eigenvalue weighted by molar-refractivity contribution is 5.97. The minimum absolute atomic E-state index is 0. The first-order chi connectivity index (χ1) is 9.29. The van der Waals surface area contributed by atoms with Gasteiger partial charge in [0.05, 0.1) is 13.2 Å². The molecule has 0 amide bonds. The second-order valence-electron chi connectivity index (χ2n) is 4.98. The number of nitrogens with one attached hydrogen (secondary N) is 1. The van der Waals surface area contributed by atoms with E-state index in [1.807, 2.05) is 12.1 Å². The maximum atomic E-state index is 11.4. The quantitative estimate of drug-likeness (QED) is 0.789. The molecule has 0 atom stereocenters. The lowest BCUT2D eigenvalue weighted by molar-refractivity contribution is 0.100. The lowest BCUT2D eigenvalue weighted by atomic mass is 9.95. The monoisotopic (exact) mass is 298 g/mol. The summed E-state index contributed by atoms with van der Waals surface area (Å²) in [6, 6.07) is 7.22. The third-order valence-corrected chi connectivity index (χ3v) is 3.62. The van der Waals surface area contributed by atoms with E-state index >= 15 is 0 Å². The summed E-state index contributed by atoms with van der Waals surface area (Å²) in [7, 11) is 0. The van der Waals surface area contributed by atoms with Crippen molar-refractivity contribution in [1.82, 2.24) is 5.32 Å². The average Bonchev–Trinajstić information content (AvgIpc) is 2.48. The van der Waals surface area contributed by atoms with Crippen LogP contribution < -0.4 is 15.8 Å². The highest BCUT2D eigenvalue weighted by Crippen LogP contribution is 2.18. The van der Waals surface area contributed by atoms with E-state index in [-0.39, 0.29) is 24.7 Å². The van der Waals surface area contributed by atoms with E-state index in [0.717, 1.165) is 37.8 Å². The van der Waals surface area contributed by atoms with E-state index in [4.69, 9.17) is 10.5 Å². The Morgan fingerprint density at radius 2 is 1.90 bits per heavy atom. The zero-order chi connectivity index (χ0) is 13.5. The first-order valence-corrected chi connectivity index (χ1v) is 6.96. The van der Waals surface area contributed by atoms with Gasteiger partial charge in [-0.3, -0.25) is 4.79 Å². The highest BCUT2D eigenvalue weighted by atomic mass is 35.5. The van der Waals surface area contributed by atoms with Gasteiger partial charge in [0.1, 0.15) is 5.75 Å². The summed E-state index contributed by atoms with van der Waals surface area (Å²) in [6.07, 6.45) is 3.59. The van der Waals surface area contributed by atoms with Gasteiger partial charge < -0.3 is 15.8 Å². The number of carbonyl (C=O) groups excluding carboxylic acids is 1. The smallest absolute Gasteiger partial charge is 0.176 e. The van der Waals surface area contributed by atoms with E-state index in [1.54, 1.807) is 12.1 Å². The fourth-order valence-electron chi connectivity index (χ4n) is 2.37. The summed E-state index contributed by atoms with van der Waals surface area (Å²) in [4.78, 5) is 11.4. The van der Waals surface area contributed by atoms with E-state index in [1.165, 1.54) is 12.8 Å². The highest BCUT2D eigenvalue weighted by Gasteiger charge is 2.12. The third kappa shape index (κ3) is 5.12. The molecule has 1 aromatic carbocycles. The van der Waals surface area contributed by atoms with Crippen molar-refractivity contribution in [3.63, 3.8) is 0 Å². The summed E-state index contributed by atoms with van der Waals surface area (Å²) in [5.41, 5.74) is 5.97. The molecular formula is C15H23ClN2O2. The standard InChI is InChI=1S/C15H22N2O2.ClH/c16-11-15(18)13-1-3-14(4-2-13)19-10-7-12-5-8-17-9-6-12;/h1-4,12,17H,5-11,16H2;1H.